The molecule has 0 amide bonds. The van der Waals surface area contributed by atoms with E-state index in [-0.39, 0.29) is 0 Å². The molecule has 1 atom stereocenters. The molecule has 1 saturated carbocycles. The molecule has 1 aromatic rings. The Bertz CT molecular complexity index is 373. The largest absolute Gasteiger partial charge is 0.309 e. The molecule has 3 heteroatoms. The van der Waals surface area contributed by atoms with Gasteiger partial charge in [0.2, 0.25) is 0 Å². The van der Waals surface area contributed by atoms with E-state index in [0.29, 0.717) is 17.9 Å². The molecule has 17 heavy (non-hydrogen) atoms. The molecule has 0 aromatic carbocycles. The first-order valence-corrected chi connectivity index (χ1v) is 7.31. The highest BCUT2D eigenvalue weighted by Gasteiger charge is 2.42. The Hall–Kier alpha value is -0.850. The van der Waals surface area contributed by atoms with Gasteiger partial charge in [-0.2, -0.15) is 5.26 Å². The number of nitriles is 1. The Labute approximate surface area is 108 Å². The summed E-state index contributed by atoms with van der Waals surface area (Å²) >= 11 is 1.83. The van der Waals surface area contributed by atoms with E-state index >= 15 is 0 Å². The molecule has 1 unspecified atom stereocenters. The Morgan fingerprint density at radius 1 is 1.59 bits per heavy atom. The Morgan fingerprint density at radius 2 is 2.41 bits per heavy atom. The Kier molecular flexibility index (Phi) is 4.20. The standard InChI is InChI=1S/C14H20N2S/c1-2-4-12(13-5-3-10-17-13)16-11-14(6-7-14)8-9-15/h3,5,10,12,16H,2,4,6-8,11H2,1H3. The van der Waals surface area contributed by atoms with Crippen LogP contribution in [0.25, 0.3) is 0 Å². The van der Waals surface area contributed by atoms with Gasteiger partial charge in [-0.25, -0.2) is 0 Å². The fourth-order valence-electron chi connectivity index (χ4n) is 2.22. The highest BCUT2D eigenvalue weighted by Crippen LogP contribution is 2.48. The quantitative estimate of drug-likeness (QED) is 0.795. The second-order valence-electron chi connectivity index (χ2n) is 5.07. The molecule has 0 spiro atoms. The minimum atomic E-state index is 0.304. The van der Waals surface area contributed by atoms with Gasteiger partial charge in [0, 0.05) is 23.9 Å². The maximum absolute atomic E-state index is 8.82. The lowest BCUT2D eigenvalue weighted by molar-refractivity contribution is 0.408. The van der Waals surface area contributed by atoms with E-state index in [4.69, 9.17) is 5.26 Å². The molecule has 2 rings (SSSR count). The normalized spacial score (nSPS) is 18.6. The number of nitrogens with zero attached hydrogens (tertiary/aromatic N) is 1. The molecule has 1 N–H and O–H groups in total. The van der Waals surface area contributed by atoms with Crippen LogP contribution in [0, 0.1) is 16.7 Å². The van der Waals surface area contributed by atoms with Crippen molar-refractivity contribution in [3.05, 3.63) is 22.4 Å². The maximum Gasteiger partial charge on any atom is 0.0628 e. The van der Waals surface area contributed by atoms with Crippen LogP contribution < -0.4 is 5.32 Å². The molecule has 1 heterocycles. The fourth-order valence-corrected chi connectivity index (χ4v) is 3.06. The average molecular weight is 248 g/mol. The van der Waals surface area contributed by atoms with E-state index in [2.05, 4.69) is 35.8 Å². The number of thiophene rings is 1. The molecular weight excluding hydrogens is 228 g/mol. The van der Waals surface area contributed by atoms with Crippen molar-refractivity contribution in [3.8, 4) is 6.07 Å². The fraction of sp³-hybridized carbons (Fsp3) is 0.643. The number of rotatable bonds is 7. The van der Waals surface area contributed by atoms with Gasteiger partial charge in [0.25, 0.3) is 0 Å². The van der Waals surface area contributed by atoms with Crippen LogP contribution in [0.2, 0.25) is 0 Å². The van der Waals surface area contributed by atoms with Crippen LogP contribution >= 0.6 is 11.3 Å². The molecule has 92 valence electrons. The predicted molar refractivity (Wildman–Crippen MR) is 71.9 cm³/mol. The number of hydrogen-bond acceptors (Lipinski definition) is 3. The topological polar surface area (TPSA) is 35.8 Å². The highest BCUT2D eigenvalue weighted by atomic mass is 32.1. The zero-order valence-corrected chi connectivity index (χ0v) is 11.2. The first-order valence-electron chi connectivity index (χ1n) is 6.43. The second kappa shape index (κ2) is 5.66. The van der Waals surface area contributed by atoms with E-state index in [9.17, 15) is 0 Å². The average Bonchev–Trinajstić information content (AvgIpc) is 2.89. The summed E-state index contributed by atoms with van der Waals surface area (Å²) in [5.74, 6) is 0. The monoisotopic (exact) mass is 248 g/mol. The second-order valence-corrected chi connectivity index (χ2v) is 6.05. The third-order valence-corrected chi connectivity index (χ3v) is 4.58. The van der Waals surface area contributed by atoms with Crippen molar-refractivity contribution in [2.45, 2.75) is 45.1 Å². The van der Waals surface area contributed by atoms with Gasteiger partial charge >= 0.3 is 0 Å². The van der Waals surface area contributed by atoms with E-state index in [1.807, 2.05) is 11.3 Å². The van der Waals surface area contributed by atoms with Crippen LogP contribution in [-0.4, -0.2) is 6.54 Å². The van der Waals surface area contributed by atoms with Gasteiger partial charge in [-0.1, -0.05) is 19.4 Å². The molecular formula is C14H20N2S. The van der Waals surface area contributed by atoms with Crippen LogP contribution in [0.5, 0.6) is 0 Å². The van der Waals surface area contributed by atoms with Gasteiger partial charge in [-0.3, -0.25) is 0 Å². The lowest BCUT2D eigenvalue weighted by atomic mass is 10.0. The molecule has 0 bridgehead atoms. The Morgan fingerprint density at radius 3 is 2.94 bits per heavy atom. The van der Waals surface area contributed by atoms with Gasteiger partial charge < -0.3 is 5.32 Å². The van der Waals surface area contributed by atoms with Gasteiger partial charge in [-0.15, -0.1) is 11.3 Å². The summed E-state index contributed by atoms with van der Waals surface area (Å²) in [6.45, 7) is 3.23. The molecule has 1 fully saturated rings. The van der Waals surface area contributed by atoms with E-state index in [1.54, 1.807) is 0 Å². The van der Waals surface area contributed by atoms with Gasteiger partial charge in [0.05, 0.1) is 6.07 Å². The van der Waals surface area contributed by atoms with Crippen LogP contribution in [0.1, 0.15) is 49.9 Å². The van der Waals surface area contributed by atoms with Crippen molar-refractivity contribution in [2.75, 3.05) is 6.54 Å². The summed E-state index contributed by atoms with van der Waals surface area (Å²) < 4.78 is 0. The molecule has 2 nitrogen and oxygen atoms in total. The van der Waals surface area contributed by atoms with Crippen molar-refractivity contribution in [1.29, 1.82) is 5.26 Å². The lowest BCUT2D eigenvalue weighted by Crippen LogP contribution is -2.27. The first-order chi connectivity index (χ1) is 8.29. The molecule has 0 aliphatic heterocycles. The van der Waals surface area contributed by atoms with E-state index < -0.39 is 0 Å². The third-order valence-electron chi connectivity index (χ3n) is 3.60. The molecule has 0 radical (unpaired) electrons. The van der Waals surface area contributed by atoms with Crippen LogP contribution in [0.4, 0.5) is 0 Å². The summed E-state index contributed by atoms with van der Waals surface area (Å²) in [6.07, 6.45) is 5.53. The maximum atomic E-state index is 8.82. The Balaban J connectivity index is 1.89. The van der Waals surface area contributed by atoms with Crippen molar-refractivity contribution < 1.29 is 0 Å². The summed E-state index contributed by atoms with van der Waals surface area (Å²) in [6, 6.07) is 7.13. The zero-order chi connectivity index (χ0) is 12.1. The van der Waals surface area contributed by atoms with Gasteiger partial charge in [0.15, 0.2) is 0 Å². The van der Waals surface area contributed by atoms with Crippen molar-refractivity contribution >= 4 is 11.3 Å². The minimum Gasteiger partial charge on any atom is -0.309 e. The van der Waals surface area contributed by atoms with Gasteiger partial charge in [-0.05, 0) is 36.1 Å². The first kappa shape index (κ1) is 12.6. The SMILES string of the molecule is CCCC(NCC1(CC#N)CC1)c1cccs1. The highest BCUT2D eigenvalue weighted by molar-refractivity contribution is 7.10. The molecule has 1 aromatic heterocycles. The van der Waals surface area contributed by atoms with Crippen molar-refractivity contribution in [2.24, 2.45) is 5.41 Å². The lowest BCUT2D eigenvalue weighted by Gasteiger charge is -2.20. The van der Waals surface area contributed by atoms with E-state index in [1.165, 1.54) is 30.6 Å². The number of hydrogen-bond donors (Lipinski definition) is 1. The number of nitrogens with one attached hydrogen (secondary N) is 1. The van der Waals surface area contributed by atoms with E-state index in [0.717, 1.165) is 6.54 Å². The van der Waals surface area contributed by atoms with Crippen LogP contribution in [-0.2, 0) is 0 Å². The predicted octanol–water partition coefficient (Wildman–Crippen LogP) is 3.87. The van der Waals surface area contributed by atoms with Crippen LogP contribution in [0.15, 0.2) is 17.5 Å². The minimum absolute atomic E-state index is 0.304. The van der Waals surface area contributed by atoms with Gasteiger partial charge in [0.1, 0.15) is 0 Å². The summed E-state index contributed by atoms with van der Waals surface area (Å²) in [5, 5.41) is 14.6. The summed E-state index contributed by atoms with van der Waals surface area (Å²) in [7, 11) is 0. The van der Waals surface area contributed by atoms with Crippen molar-refractivity contribution in [3.63, 3.8) is 0 Å². The summed E-state index contributed by atoms with van der Waals surface area (Å²) in [4.78, 5) is 1.43. The third kappa shape index (κ3) is 3.31. The molecule has 1 aliphatic carbocycles. The zero-order valence-electron chi connectivity index (χ0n) is 10.4. The smallest absolute Gasteiger partial charge is 0.0628 e. The van der Waals surface area contributed by atoms with Crippen molar-refractivity contribution in [1.82, 2.24) is 5.32 Å². The summed E-state index contributed by atoms with van der Waals surface area (Å²) in [5.41, 5.74) is 0.304. The molecule has 0 saturated heterocycles. The van der Waals surface area contributed by atoms with Crippen LogP contribution in [0.3, 0.4) is 0 Å². The molecule has 1 aliphatic rings.